The number of fused-ring (bicyclic) bond motifs is 2. The van der Waals surface area contributed by atoms with Crippen molar-refractivity contribution in [1.82, 2.24) is 4.98 Å². The smallest absolute Gasteiger partial charge is 0.199 e. The van der Waals surface area contributed by atoms with Gasteiger partial charge in [0.05, 0.1) is 29.2 Å². The van der Waals surface area contributed by atoms with Crippen LogP contribution in [0.1, 0.15) is 6.92 Å². The topological polar surface area (TPSA) is 54.1 Å². The second kappa shape index (κ2) is 5.30. The van der Waals surface area contributed by atoms with Crippen LogP contribution >= 0.6 is 11.6 Å². The van der Waals surface area contributed by atoms with E-state index in [1.165, 1.54) is 0 Å². The molecule has 0 saturated carbocycles. The first-order chi connectivity index (χ1) is 10.2. The Bertz CT molecular complexity index is 887. The van der Waals surface area contributed by atoms with E-state index in [-0.39, 0.29) is 5.43 Å². The minimum Gasteiger partial charge on any atom is -0.495 e. The van der Waals surface area contributed by atoms with Gasteiger partial charge in [-0.2, -0.15) is 0 Å². The van der Waals surface area contributed by atoms with Crippen LogP contribution in [0.3, 0.4) is 0 Å². The number of pyridine rings is 1. The van der Waals surface area contributed by atoms with Crippen molar-refractivity contribution in [2.45, 2.75) is 6.92 Å². The van der Waals surface area contributed by atoms with E-state index in [4.69, 9.17) is 16.3 Å². The van der Waals surface area contributed by atoms with Gasteiger partial charge >= 0.3 is 0 Å². The fraction of sp³-hybridized carbons (Fsp3) is 0.188. The maximum absolute atomic E-state index is 12.8. The molecule has 0 fully saturated rings. The maximum atomic E-state index is 12.8. The molecule has 0 spiro atoms. The zero-order chi connectivity index (χ0) is 15.0. The zero-order valence-corrected chi connectivity index (χ0v) is 12.5. The van der Waals surface area contributed by atoms with Crippen molar-refractivity contribution in [2.75, 3.05) is 19.0 Å². The highest BCUT2D eigenvalue weighted by Crippen LogP contribution is 2.31. The summed E-state index contributed by atoms with van der Waals surface area (Å²) >= 11 is 6.00. The summed E-state index contributed by atoms with van der Waals surface area (Å²) in [6.45, 7) is 2.68. The van der Waals surface area contributed by atoms with Crippen LogP contribution in [0.5, 0.6) is 5.75 Å². The molecule has 1 aromatic heterocycles. The maximum Gasteiger partial charge on any atom is 0.199 e. The lowest BCUT2D eigenvalue weighted by Gasteiger charge is -2.13. The first-order valence-corrected chi connectivity index (χ1v) is 7.09. The summed E-state index contributed by atoms with van der Waals surface area (Å²) in [5, 5.41) is 5.02. The Labute approximate surface area is 126 Å². The number of rotatable bonds is 3. The van der Waals surface area contributed by atoms with Gasteiger partial charge in [-0.1, -0.05) is 11.6 Å². The van der Waals surface area contributed by atoms with Crippen LogP contribution in [0.4, 0.5) is 5.69 Å². The van der Waals surface area contributed by atoms with Gasteiger partial charge in [-0.3, -0.25) is 4.79 Å². The molecule has 0 atom stereocenters. The van der Waals surface area contributed by atoms with Crippen molar-refractivity contribution in [3.63, 3.8) is 0 Å². The van der Waals surface area contributed by atoms with E-state index < -0.39 is 0 Å². The van der Waals surface area contributed by atoms with Gasteiger partial charge in [-0.05, 0) is 37.3 Å². The van der Waals surface area contributed by atoms with Crippen molar-refractivity contribution >= 4 is 39.1 Å². The summed E-state index contributed by atoms with van der Waals surface area (Å²) in [4.78, 5) is 16.1. The van der Waals surface area contributed by atoms with Crippen LogP contribution in [0.25, 0.3) is 21.8 Å². The lowest BCUT2D eigenvalue weighted by Crippen LogP contribution is -2.09. The Kier molecular flexibility index (Phi) is 3.47. The molecule has 0 unspecified atom stereocenters. The van der Waals surface area contributed by atoms with E-state index >= 15 is 0 Å². The molecule has 0 bridgehead atoms. The molecule has 0 amide bonds. The third kappa shape index (κ3) is 2.21. The normalized spacial score (nSPS) is 11.0. The van der Waals surface area contributed by atoms with Gasteiger partial charge in [0.15, 0.2) is 5.43 Å². The van der Waals surface area contributed by atoms with E-state index in [0.29, 0.717) is 28.1 Å². The van der Waals surface area contributed by atoms with E-state index in [1.807, 2.05) is 19.1 Å². The van der Waals surface area contributed by atoms with Crippen LogP contribution in [0, 0.1) is 0 Å². The molecule has 3 aromatic rings. The second-order valence-electron chi connectivity index (χ2n) is 4.74. The summed E-state index contributed by atoms with van der Waals surface area (Å²) in [5.41, 5.74) is 2.17. The lowest BCUT2D eigenvalue weighted by atomic mass is 10.1. The van der Waals surface area contributed by atoms with Crippen LogP contribution in [-0.4, -0.2) is 18.6 Å². The number of anilines is 1. The van der Waals surface area contributed by atoms with Crippen LogP contribution in [-0.2, 0) is 0 Å². The molecule has 0 aliphatic rings. The molecule has 0 aliphatic carbocycles. The monoisotopic (exact) mass is 302 g/mol. The highest BCUT2D eigenvalue weighted by atomic mass is 35.5. The number of benzene rings is 2. The Hall–Kier alpha value is -2.20. The molecule has 0 saturated heterocycles. The summed E-state index contributed by atoms with van der Waals surface area (Å²) in [7, 11) is 1.59. The Balaban J connectivity index is 2.48. The van der Waals surface area contributed by atoms with Gasteiger partial charge in [0.2, 0.25) is 0 Å². The number of hydrogen-bond acceptors (Lipinski definition) is 3. The van der Waals surface area contributed by atoms with Crippen LogP contribution in [0.15, 0.2) is 35.1 Å². The van der Waals surface area contributed by atoms with E-state index in [1.54, 1.807) is 25.3 Å². The third-order valence-electron chi connectivity index (χ3n) is 3.46. The number of nitrogens with one attached hydrogen (secondary N) is 2. The molecule has 0 radical (unpaired) electrons. The first kappa shape index (κ1) is 13.8. The van der Waals surface area contributed by atoms with E-state index in [9.17, 15) is 4.79 Å². The van der Waals surface area contributed by atoms with Gasteiger partial charge in [0.25, 0.3) is 0 Å². The Morgan fingerprint density at radius 3 is 2.76 bits per heavy atom. The van der Waals surface area contributed by atoms with Gasteiger partial charge in [-0.15, -0.1) is 0 Å². The fourth-order valence-corrected chi connectivity index (χ4v) is 2.72. The van der Waals surface area contributed by atoms with Gasteiger partial charge in [-0.25, -0.2) is 0 Å². The average Bonchev–Trinajstić information content (AvgIpc) is 2.47. The highest BCUT2D eigenvalue weighted by molar-refractivity contribution is 6.31. The SMILES string of the molecule is CCNc1c(OC)ccc2[nH]c3cc(Cl)ccc3c(=O)c12. The molecule has 5 heteroatoms. The van der Waals surface area contributed by atoms with Crippen molar-refractivity contribution in [1.29, 1.82) is 0 Å². The van der Waals surface area contributed by atoms with Gasteiger partial charge in [0.1, 0.15) is 5.75 Å². The minimum absolute atomic E-state index is 0.0368. The van der Waals surface area contributed by atoms with Crippen molar-refractivity contribution in [2.24, 2.45) is 0 Å². The summed E-state index contributed by atoms with van der Waals surface area (Å²) in [6.07, 6.45) is 0. The number of aromatic nitrogens is 1. The molecule has 4 nitrogen and oxygen atoms in total. The highest BCUT2D eigenvalue weighted by Gasteiger charge is 2.13. The Morgan fingerprint density at radius 1 is 1.24 bits per heavy atom. The summed E-state index contributed by atoms with van der Waals surface area (Å²) < 4.78 is 5.36. The number of methoxy groups -OCH3 is 1. The standard InChI is InChI=1S/C16H15ClN2O2/c1-3-18-15-13(21-2)7-6-11-14(15)16(20)10-5-4-9(17)8-12(10)19-11/h4-8,18H,3H2,1-2H3,(H,19,20). The third-order valence-corrected chi connectivity index (χ3v) is 3.70. The van der Waals surface area contributed by atoms with Crippen LogP contribution < -0.4 is 15.5 Å². The Morgan fingerprint density at radius 2 is 2.05 bits per heavy atom. The van der Waals surface area contributed by atoms with Gasteiger partial charge < -0.3 is 15.0 Å². The largest absolute Gasteiger partial charge is 0.495 e. The van der Waals surface area contributed by atoms with Crippen LogP contribution in [0.2, 0.25) is 5.02 Å². The predicted molar refractivity (Wildman–Crippen MR) is 87.8 cm³/mol. The molecule has 108 valence electrons. The van der Waals surface area contributed by atoms with Crippen molar-refractivity contribution < 1.29 is 4.74 Å². The van der Waals surface area contributed by atoms with Crippen molar-refractivity contribution in [3.8, 4) is 5.75 Å². The molecule has 1 heterocycles. The molecular formula is C16H15ClN2O2. The predicted octanol–water partition coefficient (Wildman–Crippen LogP) is 3.78. The van der Waals surface area contributed by atoms with Gasteiger partial charge in [0, 0.05) is 17.0 Å². The number of aromatic amines is 1. The minimum atomic E-state index is -0.0368. The molecule has 2 aromatic carbocycles. The molecule has 2 N–H and O–H groups in total. The van der Waals surface area contributed by atoms with E-state index in [2.05, 4.69) is 10.3 Å². The van der Waals surface area contributed by atoms with E-state index in [0.717, 1.165) is 16.7 Å². The molecule has 0 aliphatic heterocycles. The lowest BCUT2D eigenvalue weighted by molar-refractivity contribution is 0.417. The number of hydrogen-bond donors (Lipinski definition) is 2. The quantitative estimate of drug-likeness (QED) is 0.724. The second-order valence-corrected chi connectivity index (χ2v) is 5.18. The van der Waals surface area contributed by atoms with Crippen molar-refractivity contribution in [3.05, 3.63) is 45.6 Å². The molecule has 21 heavy (non-hydrogen) atoms. The number of halogens is 1. The fourth-order valence-electron chi connectivity index (χ4n) is 2.54. The molecule has 3 rings (SSSR count). The summed E-state index contributed by atoms with van der Waals surface area (Å²) in [5.74, 6) is 0.656. The first-order valence-electron chi connectivity index (χ1n) is 6.71. The zero-order valence-electron chi connectivity index (χ0n) is 11.8. The molecular weight excluding hydrogens is 288 g/mol. The number of H-pyrrole nitrogens is 1. The number of ether oxygens (including phenoxy) is 1. The summed E-state index contributed by atoms with van der Waals surface area (Å²) in [6, 6.07) is 8.90. The average molecular weight is 303 g/mol.